The molecule has 3 rings (SSSR count). The zero-order valence-electron chi connectivity index (χ0n) is 16.8. The molecule has 0 radical (unpaired) electrons. The van der Waals surface area contributed by atoms with E-state index in [-0.39, 0.29) is 28.3 Å². The molecule has 0 spiro atoms. The summed E-state index contributed by atoms with van der Waals surface area (Å²) in [5.74, 6) is 0.137. The molecule has 29 heavy (non-hydrogen) atoms. The fourth-order valence-electron chi connectivity index (χ4n) is 3.51. The number of fused-ring (bicyclic) bond motifs is 1. The summed E-state index contributed by atoms with van der Waals surface area (Å²) in [5, 5.41) is 0.276. The molecule has 0 atom stereocenters. The normalized spacial score (nSPS) is 11.7. The van der Waals surface area contributed by atoms with Gasteiger partial charge in [-0.2, -0.15) is 0 Å². The highest BCUT2D eigenvalue weighted by molar-refractivity contribution is 6.31. The first-order valence-corrected chi connectivity index (χ1v) is 10.1. The lowest BCUT2D eigenvalue weighted by Gasteiger charge is -2.21. The van der Waals surface area contributed by atoms with Crippen LogP contribution in [0.2, 0.25) is 5.02 Å². The van der Waals surface area contributed by atoms with Crippen LogP contribution in [0.3, 0.4) is 0 Å². The molecule has 9 heteroatoms. The monoisotopic (exact) mass is 421 g/mol. The SMILES string of the molecule is CCCN(CCC)Cc1nc2c(c(=O)[nH]c(=O)n2C)n1Cc1c(F)cccc1Cl. The largest absolute Gasteiger partial charge is 0.329 e. The molecular weight excluding hydrogens is 397 g/mol. The van der Waals surface area contributed by atoms with Crippen LogP contribution in [0.4, 0.5) is 4.39 Å². The Morgan fingerprint density at radius 2 is 1.90 bits per heavy atom. The predicted molar refractivity (Wildman–Crippen MR) is 112 cm³/mol. The van der Waals surface area contributed by atoms with E-state index in [0.29, 0.717) is 12.4 Å². The summed E-state index contributed by atoms with van der Waals surface area (Å²) in [4.78, 5) is 33.8. The Bertz CT molecular complexity index is 1110. The van der Waals surface area contributed by atoms with Crippen molar-refractivity contribution in [3.63, 3.8) is 0 Å². The van der Waals surface area contributed by atoms with Crippen molar-refractivity contribution in [3.8, 4) is 0 Å². The number of H-pyrrole nitrogens is 1. The van der Waals surface area contributed by atoms with E-state index in [4.69, 9.17) is 11.6 Å². The number of halogens is 2. The van der Waals surface area contributed by atoms with Gasteiger partial charge < -0.3 is 4.57 Å². The van der Waals surface area contributed by atoms with Gasteiger partial charge >= 0.3 is 5.69 Å². The topological polar surface area (TPSA) is 75.9 Å². The lowest BCUT2D eigenvalue weighted by atomic mass is 10.2. The van der Waals surface area contributed by atoms with E-state index in [1.165, 1.54) is 16.7 Å². The molecule has 0 saturated heterocycles. The number of aryl methyl sites for hydroxylation is 1. The number of nitrogens with zero attached hydrogens (tertiary/aromatic N) is 4. The standard InChI is InChI=1S/C20H25ClFN5O2/c1-4-9-26(10-5-2)12-16-23-18-17(19(28)24-20(29)25(18)3)27(16)11-13-14(21)7-6-8-15(13)22/h6-8H,4-5,9-12H2,1-3H3,(H,24,28,29). The third-order valence-corrected chi connectivity index (χ3v) is 5.26. The summed E-state index contributed by atoms with van der Waals surface area (Å²) in [6.07, 6.45) is 1.94. The lowest BCUT2D eigenvalue weighted by molar-refractivity contribution is 0.257. The van der Waals surface area contributed by atoms with Crippen LogP contribution < -0.4 is 11.2 Å². The van der Waals surface area contributed by atoms with Gasteiger partial charge in [-0.25, -0.2) is 14.2 Å². The zero-order valence-corrected chi connectivity index (χ0v) is 17.6. The first-order valence-electron chi connectivity index (χ1n) is 9.71. The van der Waals surface area contributed by atoms with Gasteiger partial charge in [0.1, 0.15) is 11.6 Å². The second kappa shape index (κ2) is 8.92. The predicted octanol–water partition coefficient (Wildman–Crippen LogP) is 2.89. The number of benzene rings is 1. The summed E-state index contributed by atoms with van der Waals surface area (Å²) in [6.45, 7) is 6.46. The Hall–Kier alpha value is -2.45. The van der Waals surface area contributed by atoms with Crippen LogP contribution in [-0.4, -0.2) is 37.1 Å². The van der Waals surface area contributed by atoms with Crippen molar-refractivity contribution in [2.24, 2.45) is 7.05 Å². The van der Waals surface area contributed by atoms with Crippen molar-refractivity contribution in [1.82, 2.24) is 24.0 Å². The maximum absolute atomic E-state index is 14.5. The highest BCUT2D eigenvalue weighted by Gasteiger charge is 2.21. The van der Waals surface area contributed by atoms with E-state index in [1.54, 1.807) is 17.7 Å². The summed E-state index contributed by atoms with van der Waals surface area (Å²) >= 11 is 6.23. The summed E-state index contributed by atoms with van der Waals surface area (Å²) < 4.78 is 17.4. The second-order valence-corrected chi connectivity index (χ2v) is 7.49. The van der Waals surface area contributed by atoms with Gasteiger partial charge in [0, 0.05) is 17.6 Å². The van der Waals surface area contributed by atoms with Gasteiger partial charge in [0.25, 0.3) is 5.56 Å². The molecule has 0 aliphatic carbocycles. The van der Waals surface area contributed by atoms with Gasteiger partial charge in [0.15, 0.2) is 11.2 Å². The van der Waals surface area contributed by atoms with Crippen LogP contribution in [0, 0.1) is 5.82 Å². The number of imidazole rings is 1. The minimum absolute atomic E-state index is 0.0463. The van der Waals surface area contributed by atoms with E-state index in [0.717, 1.165) is 25.9 Å². The van der Waals surface area contributed by atoms with E-state index in [1.807, 2.05) is 0 Å². The molecule has 2 heterocycles. The van der Waals surface area contributed by atoms with Gasteiger partial charge in [-0.05, 0) is 38.1 Å². The molecule has 1 N–H and O–H groups in total. The summed E-state index contributed by atoms with van der Waals surface area (Å²) in [6, 6.07) is 4.48. The summed E-state index contributed by atoms with van der Waals surface area (Å²) in [5.41, 5.74) is -0.308. The molecule has 1 aromatic carbocycles. The van der Waals surface area contributed by atoms with Crippen LogP contribution >= 0.6 is 11.6 Å². The van der Waals surface area contributed by atoms with Gasteiger partial charge in [-0.1, -0.05) is 31.5 Å². The Kier molecular flexibility index (Phi) is 6.54. The number of hydrogen-bond donors (Lipinski definition) is 1. The van der Waals surface area contributed by atoms with Crippen molar-refractivity contribution in [2.45, 2.75) is 39.8 Å². The average Bonchev–Trinajstić information content (AvgIpc) is 3.02. The van der Waals surface area contributed by atoms with Crippen molar-refractivity contribution >= 4 is 22.8 Å². The second-order valence-electron chi connectivity index (χ2n) is 7.08. The minimum atomic E-state index is -0.549. The van der Waals surface area contributed by atoms with Gasteiger partial charge in [-0.15, -0.1) is 0 Å². The molecule has 0 amide bonds. The Labute approximate surface area is 172 Å². The number of rotatable bonds is 8. The molecule has 3 aromatic rings. The third-order valence-electron chi connectivity index (χ3n) is 4.91. The van der Waals surface area contributed by atoms with Crippen LogP contribution in [0.15, 0.2) is 27.8 Å². The van der Waals surface area contributed by atoms with Crippen molar-refractivity contribution in [2.75, 3.05) is 13.1 Å². The first-order chi connectivity index (χ1) is 13.9. The van der Waals surface area contributed by atoms with Crippen molar-refractivity contribution < 1.29 is 4.39 Å². The molecule has 7 nitrogen and oxygen atoms in total. The number of aromatic amines is 1. The van der Waals surface area contributed by atoms with E-state index in [9.17, 15) is 14.0 Å². The van der Waals surface area contributed by atoms with Gasteiger partial charge in [0.05, 0.1) is 13.1 Å². The molecule has 0 aliphatic heterocycles. The van der Waals surface area contributed by atoms with Gasteiger partial charge in [0.2, 0.25) is 0 Å². The number of aromatic nitrogens is 4. The average molecular weight is 422 g/mol. The van der Waals surface area contributed by atoms with Crippen LogP contribution in [0.5, 0.6) is 0 Å². The maximum Gasteiger partial charge on any atom is 0.329 e. The van der Waals surface area contributed by atoms with E-state index in [2.05, 4.69) is 28.7 Å². The van der Waals surface area contributed by atoms with Crippen LogP contribution in [-0.2, 0) is 20.1 Å². The zero-order chi connectivity index (χ0) is 21.1. The van der Waals surface area contributed by atoms with E-state index < -0.39 is 17.1 Å². The highest BCUT2D eigenvalue weighted by atomic mass is 35.5. The van der Waals surface area contributed by atoms with Crippen LogP contribution in [0.1, 0.15) is 38.1 Å². The fraction of sp³-hybridized carbons (Fsp3) is 0.450. The van der Waals surface area contributed by atoms with Gasteiger partial charge in [-0.3, -0.25) is 19.2 Å². The minimum Gasteiger partial charge on any atom is -0.316 e. The Morgan fingerprint density at radius 1 is 1.21 bits per heavy atom. The smallest absolute Gasteiger partial charge is 0.316 e. The molecule has 0 saturated carbocycles. The lowest BCUT2D eigenvalue weighted by Crippen LogP contribution is -2.29. The molecule has 0 unspecified atom stereocenters. The maximum atomic E-state index is 14.5. The fourth-order valence-corrected chi connectivity index (χ4v) is 3.74. The number of nitrogens with one attached hydrogen (secondary N) is 1. The van der Waals surface area contributed by atoms with Crippen molar-refractivity contribution in [3.05, 3.63) is 61.3 Å². The molecule has 156 valence electrons. The Morgan fingerprint density at radius 3 is 2.52 bits per heavy atom. The first kappa shape index (κ1) is 21.3. The Balaban J connectivity index is 2.20. The van der Waals surface area contributed by atoms with E-state index >= 15 is 0 Å². The van der Waals surface area contributed by atoms with Crippen LogP contribution in [0.25, 0.3) is 11.2 Å². The molecule has 0 aliphatic rings. The molecular formula is C20H25ClFN5O2. The summed E-state index contributed by atoms with van der Waals surface area (Å²) in [7, 11) is 1.55. The number of hydrogen-bond acceptors (Lipinski definition) is 4. The molecule has 0 bridgehead atoms. The third kappa shape index (κ3) is 4.28. The van der Waals surface area contributed by atoms with Crippen molar-refractivity contribution in [1.29, 1.82) is 0 Å². The highest BCUT2D eigenvalue weighted by Crippen LogP contribution is 2.23. The quantitative estimate of drug-likeness (QED) is 0.606. The molecule has 2 aromatic heterocycles. The molecule has 0 fully saturated rings.